The molecule has 35 valence electrons. The Kier molecular flexibility index (Phi) is 5.84. The van der Waals surface area contributed by atoms with Crippen molar-refractivity contribution in [3.8, 4) is 0 Å². The van der Waals surface area contributed by atoms with Crippen LogP contribution in [0.15, 0.2) is 12.7 Å². The fourth-order valence-corrected chi connectivity index (χ4v) is 0.683. The second kappa shape index (κ2) is 5.44. The Morgan fingerprint density at radius 2 is 2.50 bits per heavy atom. The molecule has 0 nitrogen and oxygen atoms in total. The quantitative estimate of drug-likeness (QED) is 0.312. The van der Waals surface area contributed by atoms with Gasteiger partial charge in [0.05, 0.1) is 0 Å². The molecule has 0 N–H and O–H groups in total. The van der Waals surface area contributed by atoms with E-state index < -0.39 is 0 Å². The molecule has 2 heteroatoms. The molecule has 0 aliphatic rings. The van der Waals surface area contributed by atoms with Gasteiger partial charge in [0.25, 0.3) is 0 Å². The van der Waals surface area contributed by atoms with Crippen molar-refractivity contribution >= 4 is 22.5 Å². The zero-order chi connectivity index (χ0) is 4.83. The molecule has 0 spiro atoms. The van der Waals surface area contributed by atoms with Gasteiger partial charge in [0, 0.05) is 5.75 Å². The van der Waals surface area contributed by atoms with Gasteiger partial charge in [-0.3, -0.25) is 0 Å². The van der Waals surface area contributed by atoms with Gasteiger partial charge in [-0.1, -0.05) is 16.9 Å². The van der Waals surface area contributed by atoms with Crippen molar-refractivity contribution in [3.05, 3.63) is 12.7 Å². The summed E-state index contributed by atoms with van der Waals surface area (Å²) in [7, 11) is 1.44. The zero-order valence-corrected chi connectivity index (χ0v) is 5.15. The summed E-state index contributed by atoms with van der Waals surface area (Å²) in [5.41, 5.74) is 0. The first-order valence-electron chi connectivity index (χ1n) is 1.77. The first-order chi connectivity index (χ1) is 2.91. The van der Waals surface area contributed by atoms with E-state index >= 15 is 0 Å². The summed E-state index contributed by atoms with van der Waals surface area (Å²) in [4.78, 5) is 0. The highest BCUT2D eigenvalue weighted by Crippen LogP contribution is 2.05. The predicted molar refractivity (Wildman–Crippen MR) is 34.9 cm³/mol. The highest BCUT2D eigenvalue weighted by Gasteiger charge is 1.73. The van der Waals surface area contributed by atoms with Crippen molar-refractivity contribution < 1.29 is 0 Å². The molecule has 0 aromatic rings. The van der Waals surface area contributed by atoms with E-state index in [-0.39, 0.29) is 0 Å². The zero-order valence-electron chi connectivity index (χ0n) is 3.52. The van der Waals surface area contributed by atoms with E-state index in [9.17, 15) is 0 Å². The lowest BCUT2D eigenvalue weighted by molar-refractivity contribution is 1.26. The van der Waals surface area contributed by atoms with Crippen LogP contribution >= 0.6 is 22.5 Å². The van der Waals surface area contributed by atoms with Gasteiger partial charge in [-0.25, -0.2) is 0 Å². The van der Waals surface area contributed by atoms with Gasteiger partial charge in [-0.15, -0.1) is 6.58 Å². The number of hydrogen-bond donors (Lipinski definition) is 0. The third kappa shape index (κ3) is 4.44. The van der Waals surface area contributed by atoms with E-state index in [1.807, 2.05) is 6.08 Å². The normalized spacial score (nSPS) is 8.17. The molecule has 0 aromatic heterocycles. The first kappa shape index (κ1) is 6.44. The smallest absolute Gasteiger partial charge is 0.00799 e. The average Bonchev–Trinajstić information content (AvgIpc) is 1.61. The van der Waals surface area contributed by atoms with Crippen LogP contribution in [0.5, 0.6) is 0 Å². The van der Waals surface area contributed by atoms with Crippen LogP contribution in [0.4, 0.5) is 0 Å². The second-order valence-electron chi connectivity index (χ2n) is 0.899. The molecular weight excluding hydrogens is 112 g/mol. The lowest BCUT2D eigenvalue weighted by Crippen LogP contribution is -1.64. The summed E-state index contributed by atoms with van der Waals surface area (Å²) in [6, 6.07) is 0. The molecule has 0 fully saturated rings. The Balaban J connectivity index is 2.49. The molecule has 0 amide bonds. The molecule has 1 radical (unpaired) electrons. The molecule has 0 aliphatic heterocycles. The molecule has 6 heavy (non-hydrogen) atoms. The molecular formula is C4H7S2. The summed E-state index contributed by atoms with van der Waals surface area (Å²) in [6.07, 6.45) is 2.91. The van der Waals surface area contributed by atoms with Crippen LogP contribution in [0.2, 0.25) is 0 Å². The molecule has 0 saturated carbocycles. The minimum absolute atomic E-state index is 1.03. The molecule has 0 aromatic carbocycles. The standard InChI is InChI=1S/C4H7S2/c1-2-3-4-6-5/h2H,1,3-4H2. The second-order valence-corrected chi connectivity index (χ2v) is 2.25. The molecule has 0 heterocycles. The third-order valence-electron chi connectivity index (χ3n) is 0.405. The van der Waals surface area contributed by atoms with Crippen molar-refractivity contribution in [2.24, 2.45) is 0 Å². The Morgan fingerprint density at radius 1 is 1.83 bits per heavy atom. The highest BCUT2D eigenvalue weighted by atomic mass is 33.1. The van der Waals surface area contributed by atoms with E-state index in [4.69, 9.17) is 0 Å². The number of allylic oxidation sites excluding steroid dienone is 1. The van der Waals surface area contributed by atoms with E-state index in [1.54, 1.807) is 0 Å². The van der Waals surface area contributed by atoms with Crippen LogP contribution in [0.1, 0.15) is 6.42 Å². The fourth-order valence-electron chi connectivity index (χ4n) is 0.131. The largest absolute Gasteiger partial charge is 0.103 e. The Labute approximate surface area is 47.8 Å². The van der Waals surface area contributed by atoms with Crippen LogP contribution in [-0.2, 0) is 0 Å². The van der Waals surface area contributed by atoms with Gasteiger partial charge in [-0.05, 0) is 18.1 Å². The summed E-state index contributed by atoms with van der Waals surface area (Å²) in [5, 5.41) is 0. The maximum atomic E-state index is 4.59. The van der Waals surface area contributed by atoms with E-state index in [1.165, 1.54) is 10.8 Å². The van der Waals surface area contributed by atoms with Crippen molar-refractivity contribution in [1.29, 1.82) is 0 Å². The minimum Gasteiger partial charge on any atom is -0.103 e. The molecule has 0 saturated heterocycles. The van der Waals surface area contributed by atoms with Crippen LogP contribution in [-0.4, -0.2) is 5.75 Å². The van der Waals surface area contributed by atoms with Gasteiger partial charge >= 0.3 is 0 Å². The van der Waals surface area contributed by atoms with Crippen molar-refractivity contribution in [1.82, 2.24) is 0 Å². The molecule has 0 rings (SSSR count). The summed E-state index contributed by atoms with van der Waals surface area (Å²) < 4.78 is 0. The van der Waals surface area contributed by atoms with E-state index in [0.29, 0.717) is 0 Å². The van der Waals surface area contributed by atoms with Gasteiger partial charge in [0.15, 0.2) is 0 Å². The van der Waals surface area contributed by atoms with E-state index in [2.05, 4.69) is 18.2 Å². The van der Waals surface area contributed by atoms with Crippen molar-refractivity contribution in [2.45, 2.75) is 6.42 Å². The Bertz CT molecular complexity index is 34.5. The van der Waals surface area contributed by atoms with Crippen LogP contribution in [0, 0.1) is 0 Å². The van der Waals surface area contributed by atoms with Gasteiger partial charge in [0.1, 0.15) is 0 Å². The molecule has 0 aliphatic carbocycles. The fraction of sp³-hybridized carbons (Fsp3) is 0.500. The monoisotopic (exact) mass is 119 g/mol. The predicted octanol–water partition coefficient (Wildman–Crippen LogP) is 2.41. The molecule has 0 atom stereocenters. The third-order valence-corrected chi connectivity index (χ3v) is 1.31. The van der Waals surface area contributed by atoms with Crippen molar-refractivity contribution in [2.75, 3.05) is 5.75 Å². The van der Waals surface area contributed by atoms with Gasteiger partial charge in [-0.2, -0.15) is 0 Å². The van der Waals surface area contributed by atoms with Crippen LogP contribution < -0.4 is 0 Å². The molecule has 0 bridgehead atoms. The summed E-state index contributed by atoms with van der Waals surface area (Å²) in [6.45, 7) is 3.54. The SMILES string of the molecule is C=CCCS[S]. The highest BCUT2D eigenvalue weighted by molar-refractivity contribution is 8.68. The van der Waals surface area contributed by atoms with Gasteiger partial charge in [0.2, 0.25) is 0 Å². The lowest BCUT2D eigenvalue weighted by Gasteiger charge is -1.80. The topological polar surface area (TPSA) is 0 Å². The van der Waals surface area contributed by atoms with Crippen LogP contribution in [0.3, 0.4) is 0 Å². The Hall–Kier alpha value is 0.440. The number of rotatable bonds is 3. The minimum atomic E-state index is 1.03. The summed E-state index contributed by atoms with van der Waals surface area (Å²) >= 11 is 4.59. The number of hydrogen-bond acceptors (Lipinski definition) is 1. The maximum absolute atomic E-state index is 4.59. The van der Waals surface area contributed by atoms with Crippen LogP contribution in [0.25, 0.3) is 0 Å². The van der Waals surface area contributed by atoms with Gasteiger partial charge < -0.3 is 0 Å². The Morgan fingerprint density at radius 3 is 2.67 bits per heavy atom. The summed E-state index contributed by atoms with van der Waals surface area (Å²) in [5.74, 6) is 1.03. The first-order valence-corrected chi connectivity index (χ1v) is 3.68. The van der Waals surface area contributed by atoms with E-state index in [0.717, 1.165) is 12.2 Å². The maximum Gasteiger partial charge on any atom is 0.00799 e. The molecule has 0 unspecified atom stereocenters. The average molecular weight is 119 g/mol. The lowest BCUT2D eigenvalue weighted by atomic mass is 10.5. The van der Waals surface area contributed by atoms with Crippen molar-refractivity contribution in [3.63, 3.8) is 0 Å².